The predicted octanol–water partition coefficient (Wildman–Crippen LogP) is 3.95. The van der Waals surface area contributed by atoms with Crippen LogP contribution in [-0.2, 0) is 6.42 Å². The fraction of sp³-hybridized carbons (Fsp3) is 0.0952. The molecule has 0 radical (unpaired) electrons. The number of aromatic amines is 1. The quantitative estimate of drug-likeness (QED) is 0.463. The molecule has 0 saturated heterocycles. The largest absolute Gasteiger partial charge is 0.361 e. The van der Waals surface area contributed by atoms with Gasteiger partial charge in [0.15, 0.2) is 11.6 Å². The number of para-hydroxylation sites is 1. The van der Waals surface area contributed by atoms with Crippen molar-refractivity contribution in [2.24, 2.45) is 0 Å². The molecule has 0 aliphatic carbocycles. The standard InChI is InChI=1S/C21H17F2N5O/c22-16-6-5-14(11-17(16)23)27-21-25-10-8-19(28-21)20(29)24-9-7-13-12-26-18-4-2-1-3-15(13)18/h1-6,8,10-12,26H,7,9H2,(H,24,29)(H,25,27,28). The molecule has 2 aromatic heterocycles. The number of amides is 1. The van der Waals surface area contributed by atoms with Gasteiger partial charge in [0, 0.05) is 41.6 Å². The molecule has 0 bridgehead atoms. The Morgan fingerprint density at radius 3 is 2.79 bits per heavy atom. The van der Waals surface area contributed by atoms with Gasteiger partial charge in [-0.05, 0) is 36.2 Å². The zero-order valence-corrected chi connectivity index (χ0v) is 15.2. The van der Waals surface area contributed by atoms with Crippen molar-refractivity contribution in [3.8, 4) is 0 Å². The molecule has 29 heavy (non-hydrogen) atoms. The van der Waals surface area contributed by atoms with Crippen LogP contribution in [0.3, 0.4) is 0 Å². The topological polar surface area (TPSA) is 82.7 Å². The average molecular weight is 393 g/mol. The maximum atomic E-state index is 13.3. The van der Waals surface area contributed by atoms with Crippen LogP contribution in [0.2, 0.25) is 0 Å². The van der Waals surface area contributed by atoms with Crippen LogP contribution in [0.15, 0.2) is 60.9 Å². The Hall–Kier alpha value is -3.81. The van der Waals surface area contributed by atoms with Crippen molar-refractivity contribution in [3.63, 3.8) is 0 Å². The van der Waals surface area contributed by atoms with Crippen LogP contribution in [-0.4, -0.2) is 27.4 Å². The lowest BCUT2D eigenvalue weighted by atomic mass is 10.1. The van der Waals surface area contributed by atoms with Crippen molar-refractivity contribution >= 4 is 28.4 Å². The number of nitrogens with one attached hydrogen (secondary N) is 3. The van der Waals surface area contributed by atoms with E-state index in [1.165, 1.54) is 18.3 Å². The van der Waals surface area contributed by atoms with Crippen molar-refractivity contribution in [2.45, 2.75) is 6.42 Å². The highest BCUT2D eigenvalue weighted by Crippen LogP contribution is 2.18. The van der Waals surface area contributed by atoms with Crippen LogP contribution < -0.4 is 10.6 Å². The number of nitrogens with zero attached hydrogens (tertiary/aromatic N) is 2. The van der Waals surface area contributed by atoms with Gasteiger partial charge in [-0.2, -0.15) is 0 Å². The van der Waals surface area contributed by atoms with Gasteiger partial charge in [-0.1, -0.05) is 18.2 Å². The Kier molecular flexibility index (Phi) is 5.15. The van der Waals surface area contributed by atoms with E-state index in [4.69, 9.17) is 0 Å². The number of H-pyrrole nitrogens is 1. The first-order chi connectivity index (χ1) is 14.1. The minimum atomic E-state index is -0.985. The second-order valence-corrected chi connectivity index (χ2v) is 6.38. The van der Waals surface area contributed by atoms with Crippen molar-refractivity contribution < 1.29 is 13.6 Å². The summed E-state index contributed by atoms with van der Waals surface area (Å²) in [6.45, 7) is 0.441. The number of halogens is 2. The van der Waals surface area contributed by atoms with Gasteiger partial charge < -0.3 is 15.6 Å². The van der Waals surface area contributed by atoms with Crippen molar-refractivity contribution in [3.05, 3.63) is 83.8 Å². The monoisotopic (exact) mass is 393 g/mol. The Morgan fingerprint density at radius 2 is 1.93 bits per heavy atom. The summed E-state index contributed by atoms with van der Waals surface area (Å²) in [5.74, 6) is -2.16. The van der Waals surface area contributed by atoms with Crippen molar-refractivity contribution in [1.82, 2.24) is 20.3 Å². The van der Waals surface area contributed by atoms with E-state index in [9.17, 15) is 13.6 Å². The van der Waals surface area contributed by atoms with Crippen LogP contribution in [0.4, 0.5) is 20.4 Å². The van der Waals surface area contributed by atoms with Crippen LogP contribution in [0.1, 0.15) is 16.1 Å². The summed E-state index contributed by atoms with van der Waals surface area (Å²) >= 11 is 0. The molecule has 0 aliphatic rings. The maximum absolute atomic E-state index is 13.3. The molecule has 0 aliphatic heterocycles. The lowest BCUT2D eigenvalue weighted by molar-refractivity contribution is 0.0949. The van der Waals surface area contributed by atoms with Crippen molar-refractivity contribution in [2.75, 3.05) is 11.9 Å². The number of carbonyl (C=O) groups excluding carboxylic acids is 1. The zero-order chi connectivity index (χ0) is 20.2. The second kappa shape index (κ2) is 8.05. The van der Waals surface area contributed by atoms with Gasteiger partial charge in [0.25, 0.3) is 5.91 Å². The number of hydrogen-bond acceptors (Lipinski definition) is 4. The van der Waals surface area contributed by atoms with E-state index in [2.05, 4.69) is 25.6 Å². The molecule has 6 nitrogen and oxygen atoms in total. The predicted molar refractivity (Wildman–Crippen MR) is 106 cm³/mol. The van der Waals surface area contributed by atoms with Gasteiger partial charge in [0.2, 0.25) is 5.95 Å². The van der Waals surface area contributed by atoms with Gasteiger partial charge in [0.1, 0.15) is 5.69 Å². The summed E-state index contributed by atoms with van der Waals surface area (Å²) in [4.78, 5) is 23.7. The third-order valence-corrected chi connectivity index (χ3v) is 4.42. The Labute approximate surface area is 165 Å². The Balaban J connectivity index is 1.38. The molecular formula is C21H17F2N5O. The minimum Gasteiger partial charge on any atom is -0.361 e. The van der Waals surface area contributed by atoms with Gasteiger partial charge in [-0.25, -0.2) is 18.7 Å². The Morgan fingerprint density at radius 1 is 1.07 bits per heavy atom. The first-order valence-electron chi connectivity index (χ1n) is 8.98. The van der Waals surface area contributed by atoms with Gasteiger partial charge in [-0.15, -0.1) is 0 Å². The molecule has 1 amide bonds. The highest BCUT2D eigenvalue weighted by molar-refractivity contribution is 5.92. The number of rotatable bonds is 6. The first-order valence-corrected chi connectivity index (χ1v) is 8.98. The number of fused-ring (bicyclic) bond motifs is 1. The summed E-state index contributed by atoms with van der Waals surface area (Å²) in [5, 5.41) is 6.71. The van der Waals surface area contributed by atoms with Crippen LogP contribution in [0.5, 0.6) is 0 Å². The fourth-order valence-corrected chi connectivity index (χ4v) is 2.99. The molecule has 2 heterocycles. The third-order valence-electron chi connectivity index (χ3n) is 4.42. The molecule has 0 spiro atoms. The van der Waals surface area contributed by atoms with E-state index in [-0.39, 0.29) is 23.2 Å². The molecule has 2 aromatic carbocycles. The Bertz CT molecular complexity index is 1170. The molecule has 3 N–H and O–H groups in total. The molecule has 0 atom stereocenters. The fourth-order valence-electron chi connectivity index (χ4n) is 2.99. The summed E-state index contributed by atoms with van der Waals surface area (Å²) in [5.41, 5.74) is 2.62. The summed E-state index contributed by atoms with van der Waals surface area (Å²) in [6, 6.07) is 12.8. The number of aromatic nitrogens is 3. The third kappa shape index (κ3) is 4.21. The van der Waals surface area contributed by atoms with E-state index in [0.29, 0.717) is 13.0 Å². The molecule has 8 heteroatoms. The van der Waals surface area contributed by atoms with Crippen molar-refractivity contribution in [1.29, 1.82) is 0 Å². The van der Waals surface area contributed by atoms with Gasteiger partial charge in [0.05, 0.1) is 0 Å². The highest BCUT2D eigenvalue weighted by atomic mass is 19.2. The molecule has 0 fully saturated rings. The smallest absolute Gasteiger partial charge is 0.270 e. The molecule has 4 aromatic rings. The average Bonchev–Trinajstić information content (AvgIpc) is 3.14. The zero-order valence-electron chi connectivity index (χ0n) is 15.2. The SMILES string of the molecule is O=C(NCCc1c[nH]c2ccccc12)c1ccnc(Nc2ccc(F)c(F)c2)n1. The van der Waals surface area contributed by atoms with E-state index >= 15 is 0 Å². The lowest BCUT2D eigenvalue weighted by Gasteiger charge is -2.08. The summed E-state index contributed by atoms with van der Waals surface area (Å²) < 4.78 is 26.3. The van der Waals surface area contributed by atoms with Gasteiger partial charge >= 0.3 is 0 Å². The number of benzene rings is 2. The number of anilines is 2. The maximum Gasteiger partial charge on any atom is 0.270 e. The van der Waals surface area contributed by atoms with Crippen LogP contribution >= 0.6 is 0 Å². The molecule has 146 valence electrons. The summed E-state index contributed by atoms with van der Waals surface area (Å²) in [7, 11) is 0. The minimum absolute atomic E-state index is 0.111. The van der Waals surface area contributed by atoms with E-state index in [1.807, 2.05) is 30.5 Å². The normalized spacial score (nSPS) is 10.8. The van der Waals surface area contributed by atoms with E-state index in [1.54, 1.807) is 0 Å². The summed E-state index contributed by atoms with van der Waals surface area (Å²) in [6.07, 6.45) is 4.02. The van der Waals surface area contributed by atoms with Gasteiger partial charge in [-0.3, -0.25) is 4.79 Å². The van der Waals surface area contributed by atoms with E-state index in [0.717, 1.165) is 28.6 Å². The van der Waals surface area contributed by atoms with Crippen LogP contribution in [0.25, 0.3) is 10.9 Å². The molecule has 0 unspecified atom stereocenters. The number of hydrogen-bond donors (Lipinski definition) is 3. The lowest BCUT2D eigenvalue weighted by Crippen LogP contribution is -2.26. The first kappa shape index (κ1) is 18.5. The molecular weight excluding hydrogens is 376 g/mol. The number of carbonyl (C=O) groups is 1. The van der Waals surface area contributed by atoms with Crippen LogP contribution in [0, 0.1) is 11.6 Å². The second-order valence-electron chi connectivity index (χ2n) is 6.38. The molecule has 0 saturated carbocycles. The van der Waals surface area contributed by atoms with E-state index < -0.39 is 11.6 Å². The highest BCUT2D eigenvalue weighted by Gasteiger charge is 2.10. The molecule has 4 rings (SSSR count).